The van der Waals surface area contributed by atoms with Gasteiger partial charge in [-0.1, -0.05) is 47.1 Å². The SMILES string of the molecule is NC(=NO)c1ccccc1CSc1cccc(Cl)c1. The molecule has 98 valence electrons. The van der Waals surface area contributed by atoms with Crippen molar-refractivity contribution in [1.29, 1.82) is 0 Å². The third-order valence-electron chi connectivity index (χ3n) is 2.59. The van der Waals surface area contributed by atoms with Gasteiger partial charge in [0.2, 0.25) is 0 Å². The quantitative estimate of drug-likeness (QED) is 0.297. The highest BCUT2D eigenvalue weighted by atomic mass is 35.5. The number of rotatable bonds is 4. The van der Waals surface area contributed by atoms with Crippen LogP contribution < -0.4 is 5.73 Å². The molecule has 0 aromatic heterocycles. The van der Waals surface area contributed by atoms with E-state index < -0.39 is 0 Å². The fraction of sp³-hybridized carbons (Fsp3) is 0.0714. The minimum atomic E-state index is 0.127. The van der Waals surface area contributed by atoms with Crippen molar-refractivity contribution in [3.05, 3.63) is 64.7 Å². The highest BCUT2D eigenvalue weighted by molar-refractivity contribution is 7.98. The first-order valence-electron chi connectivity index (χ1n) is 5.65. The van der Waals surface area contributed by atoms with Gasteiger partial charge in [-0.25, -0.2) is 0 Å². The highest BCUT2D eigenvalue weighted by Gasteiger charge is 2.06. The van der Waals surface area contributed by atoms with E-state index in [2.05, 4.69) is 5.16 Å². The van der Waals surface area contributed by atoms with E-state index in [1.54, 1.807) is 11.8 Å². The molecular weight excluding hydrogens is 280 g/mol. The maximum absolute atomic E-state index is 8.77. The molecule has 0 spiro atoms. The molecule has 2 rings (SSSR count). The van der Waals surface area contributed by atoms with Crippen LogP contribution in [0.15, 0.2) is 58.6 Å². The van der Waals surface area contributed by atoms with Gasteiger partial charge in [-0.15, -0.1) is 11.8 Å². The van der Waals surface area contributed by atoms with Gasteiger partial charge in [-0.2, -0.15) is 0 Å². The molecule has 0 saturated carbocycles. The molecule has 0 fully saturated rings. The maximum Gasteiger partial charge on any atom is 0.170 e. The van der Waals surface area contributed by atoms with Crippen molar-refractivity contribution in [2.45, 2.75) is 10.6 Å². The van der Waals surface area contributed by atoms with Gasteiger partial charge in [-0.05, 0) is 23.8 Å². The molecular formula is C14H13ClN2OS. The summed E-state index contributed by atoms with van der Waals surface area (Å²) in [5.74, 6) is 0.856. The van der Waals surface area contributed by atoms with Crippen molar-refractivity contribution in [3.8, 4) is 0 Å². The third-order valence-corrected chi connectivity index (χ3v) is 3.87. The molecule has 0 saturated heterocycles. The number of oxime groups is 1. The van der Waals surface area contributed by atoms with Crippen molar-refractivity contribution in [1.82, 2.24) is 0 Å². The Morgan fingerprint density at radius 3 is 2.74 bits per heavy atom. The van der Waals surface area contributed by atoms with Crippen LogP contribution in [0.25, 0.3) is 0 Å². The van der Waals surface area contributed by atoms with E-state index in [1.165, 1.54) is 0 Å². The number of hydrogen-bond acceptors (Lipinski definition) is 3. The molecule has 0 aliphatic rings. The molecule has 0 aliphatic carbocycles. The summed E-state index contributed by atoms with van der Waals surface area (Å²) in [6.07, 6.45) is 0. The molecule has 0 radical (unpaired) electrons. The van der Waals surface area contributed by atoms with E-state index in [9.17, 15) is 0 Å². The minimum Gasteiger partial charge on any atom is -0.409 e. The van der Waals surface area contributed by atoms with E-state index in [0.717, 1.165) is 26.8 Å². The van der Waals surface area contributed by atoms with Gasteiger partial charge >= 0.3 is 0 Å². The summed E-state index contributed by atoms with van der Waals surface area (Å²) in [4.78, 5) is 1.09. The second kappa shape index (κ2) is 6.50. The Bertz CT molecular complexity index is 602. The van der Waals surface area contributed by atoms with Crippen LogP contribution in [0.4, 0.5) is 0 Å². The smallest absolute Gasteiger partial charge is 0.170 e. The lowest BCUT2D eigenvalue weighted by molar-refractivity contribution is 0.318. The number of nitrogens with two attached hydrogens (primary N) is 1. The molecule has 0 atom stereocenters. The maximum atomic E-state index is 8.77. The van der Waals surface area contributed by atoms with Crippen LogP contribution in [0.1, 0.15) is 11.1 Å². The molecule has 0 unspecified atom stereocenters. The van der Waals surface area contributed by atoms with E-state index in [-0.39, 0.29) is 5.84 Å². The molecule has 2 aromatic rings. The number of benzene rings is 2. The van der Waals surface area contributed by atoms with E-state index >= 15 is 0 Å². The van der Waals surface area contributed by atoms with Crippen LogP contribution in [-0.4, -0.2) is 11.0 Å². The molecule has 0 bridgehead atoms. The average Bonchev–Trinajstić information content (AvgIpc) is 2.45. The molecule has 2 aromatic carbocycles. The predicted octanol–water partition coefficient (Wildman–Crippen LogP) is 3.73. The zero-order valence-electron chi connectivity index (χ0n) is 10.1. The van der Waals surface area contributed by atoms with Gasteiger partial charge in [0.1, 0.15) is 0 Å². The number of halogens is 1. The lowest BCUT2D eigenvalue weighted by Crippen LogP contribution is -2.15. The number of hydrogen-bond donors (Lipinski definition) is 2. The molecule has 0 heterocycles. The van der Waals surface area contributed by atoms with Crippen LogP contribution >= 0.6 is 23.4 Å². The molecule has 0 aliphatic heterocycles. The van der Waals surface area contributed by atoms with Gasteiger partial charge in [0, 0.05) is 21.2 Å². The topological polar surface area (TPSA) is 58.6 Å². The van der Waals surface area contributed by atoms with Crippen molar-refractivity contribution < 1.29 is 5.21 Å². The Hall–Kier alpha value is -1.65. The van der Waals surface area contributed by atoms with Gasteiger partial charge < -0.3 is 10.9 Å². The summed E-state index contributed by atoms with van der Waals surface area (Å²) in [7, 11) is 0. The predicted molar refractivity (Wildman–Crippen MR) is 80.0 cm³/mol. The summed E-state index contributed by atoms with van der Waals surface area (Å²) in [5, 5.41) is 12.5. The fourth-order valence-electron chi connectivity index (χ4n) is 1.67. The Kier molecular flexibility index (Phi) is 4.71. The van der Waals surface area contributed by atoms with Crippen molar-refractivity contribution in [2.75, 3.05) is 0 Å². The zero-order chi connectivity index (χ0) is 13.7. The second-order valence-corrected chi connectivity index (χ2v) is 5.37. The monoisotopic (exact) mass is 292 g/mol. The lowest BCUT2D eigenvalue weighted by atomic mass is 10.1. The Morgan fingerprint density at radius 1 is 1.21 bits per heavy atom. The van der Waals surface area contributed by atoms with Gasteiger partial charge in [-0.3, -0.25) is 0 Å². The fourth-order valence-corrected chi connectivity index (χ4v) is 2.88. The first-order valence-corrected chi connectivity index (χ1v) is 7.01. The van der Waals surface area contributed by atoms with Crippen LogP contribution in [-0.2, 0) is 5.75 Å². The van der Waals surface area contributed by atoms with Crippen LogP contribution in [0, 0.1) is 0 Å². The number of nitrogens with zero attached hydrogens (tertiary/aromatic N) is 1. The summed E-state index contributed by atoms with van der Waals surface area (Å²) in [6, 6.07) is 15.3. The molecule has 19 heavy (non-hydrogen) atoms. The van der Waals surface area contributed by atoms with Crippen molar-refractivity contribution >= 4 is 29.2 Å². The van der Waals surface area contributed by atoms with Crippen LogP contribution in [0.5, 0.6) is 0 Å². The second-order valence-electron chi connectivity index (χ2n) is 3.89. The van der Waals surface area contributed by atoms with E-state index in [1.807, 2.05) is 48.5 Å². The Morgan fingerprint density at radius 2 is 2.00 bits per heavy atom. The summed E-state index contributed by atoms with van der Waals surface area (Å²) < 4.78 is 0. The lowest BCUT2D eigenvalue weighted by Gasteiger charge is -2.08. The first-order chi connectivity index (χ1) is 9.20. The van der Waals surface area contributed by atoms with Crippen molar-refractivity contribution in [2.24, 2.45) is 10.9 Å². The number of thioether (sulfide) groups is 1. The average molecular weight is 293 g/mol. The largest absolute Gasteiger partial charge is 0.409 e. The Balaban J connectivity index is 2.16. The first kappa shape index (κ1) is 13.8. The Labute approximate surface area is 121 Å². The van der Waals surface area contributed by atoms with Crippen LogP contribution in [0.3, 0.4) is 0 Å². The summed E-state index contributed by atoms with van der Waals surface area (Å²) in [6.45, 7) is 0. The van der Waals surface area contributed by atoms with Gasteiger partial charge in [0.05, 0.1) is 0 Å². The minimum absolute atomic E-state index is 0.127. The normalized spacial score (nSPS) is 11.5. The molecule has 0 amide bonds. The third kappa shape index (κ3) is 3.66. The number of amidine groups is 1. The van der Waals surface area contributed by atoms with E-state index in [0.29, 0.717) is 0 Å². The summed E-state index contributed by atoms with van der Waals surface area (Å²) >= 11 is 7.60. The van der Waals surface area contributed by atoms with Gasteiger partial charge in [0.15, 0.2) is 5.84 Å². The molecule has 3 nitrogen and oxygen atoms in total. The zero-order valence-corrected chi connectivity index (χ0v) is 11.7. The highest BCUT2D eigenvalue weighted by Crippen LogP contribution is 2.26. The summed E-state index contributed by atoms with van der Waals surface area (Å²) in [5.41, 5.74) is 7.42. The molecule has 3 N–H and O–H groups in total. The standard InChI is InChI=1S/C14H13ClN2OS/c15-11-5-3-6-12(8-11)19-9-10-4-1-2-7-13(10)14(16)17-18/h1-8,18H,9H2,(H2,16,17). The van der Waals surface area contributed by atoms with Crippen molar-refractivity contribution in [3.63, 3.8) is 0 Å². The molecule has 5 heteroatoms. The van der Waals surface area contributed by atoms with Gasteiger partial charge in [0.25, 0.3) is 0 Å². The van der Waals surface area contributed by atoms with Crippen LogP contribution in [0.2, 0.25) is 5.02 Å². The van der Waals surface area contributed by atoms with E-state index in [4.69, 9.17) is 22.5 Å².